The Kier molecular flexibility index (Phi) is 1.85. The average molecular weight is 265 g/mol. The van der Waals surface area contributed by atoms with E-state index in [9.17, 15) is 4.79 Å². The summed E-state index contributed by atoms with van der Waals surface area (Å²) in [6.07, 6.45) is 3.75. The number of hydrogen-bond donors (Lipinski definition) is 2. The molecule has 0 saturated heterocycles. The maximum absolute atomic E-state index is 11.6. The summed E-state index contributed by atoms with van der Waals surface area (Å²) in [4.78, 5) is 11.6. The van der Waals surface area contributed by atoms with Crippen LogP contribution in [0.3, 0.4) is 0 Å². The fourth-order valence-corrected chi connectivity index (χ4v) is 2.66. The third kappa shape index (κ3) is 1.21. The molecule has 2 atom stereocenters. The molecule has 2 aliphatic heterocycles. The molecule has 0 bridgehead atoms. The van der Waals surface area contributed by atoms with Gasteiger partial charge in [-0.1, -0.05) is 18.2 Å². The monoisotopic (exact) mass is 264 g/mol. The minimum Gasteiger partial charge on any atom is -0.372 e. The maximum atomic E-state index is 11.6. The molecule has 1 aromatic rings. The highest BCUT2D eigenvalue weighted by atomic mass is 79.9. The Balaban J connectivity index is 2.14. The minimum atomic E-state index is -0.163. The molecular formula is C11H9BrN2O. The third-order valence-electron chi connectivity index (χ3n) is 2.88. The summed E-state index contributed by atoms with van der Waals surface area (Å²) in [7, 11) is 0. The van der Waals surface area contributed by atoms with Gasteiger partial charge in [0.1, 0.15) is 6.04 Å². The molecule has 1 aromatic carbocycles. The lowest BCUT2D eigenvalue weighted by Gasteiger charge is -2.19. The molecule has 0 radical (unpaired) electrons. The molecule has 0 saturated carbocycles. The molecule has 2 aliphatic rings. The summed E-state index contributed by atoms with van der Waals surface area (Å²) >= 11 is 3.48. The van der Waals surface area contributed by atoms with E-state index < -0.39 is 0 Å². The molecule has 2 unspecified atom stereocenters. The number of carbonyl (C=O) groups is 1. The summed E-state index contributed by atoms with van der Waals surface area (Å²) in [5.41, 5.74) is 2.22. The Hall–Kier alpha value is -1.29. The van der Waals surface area contributed by atoms with Gasteiger partial charge in [0.2, 0.25) is 5.91 Å². The highest BCUT2D eigenvalue weighted by molar-refractivity contribution is 9.10. The average Bonchev–Trinajstić information content (AvgIpc) is 2.60. The number of halogens is 1. The van der Waals surface area contributed by atoms with Gasteiger partial charge in [0.25, 0.3) is 0 Å². The van der Waals surface area contributed by atoms with Crippen LogP contribution >= 0.6 is 15.9 Å². The molecule has 2 heterocycles. The molecule has 2 N–H and O–H groups in total. The quantitative estimate of drug-likeness (QED) is 0.753. The second-order valence-corrected chi connectivity index (χ2v) is 4.57. The van der Waals surface area contributed by atoms with E-state index in [1.807, 2.05) is 18.2 Å². The lowest BCUT2D eigenvalue weighted by atomic mass is 9.93. The number of hydrogen-bond acceptors (Lipinski definition) is 2. The first-order chi connectivity index (χ1) is 7.27. The Morgan fingerprint density at radius 1 is 1.33 bits per heavy atom. The first-order valence-corrected chi connectivity index (χ1v) is 5.58. The van der Waals surface area contributed by atoms with Crippen LogP contribution in [0.15, 0.2) is 34.9 Å². The lowest BCUT2D eigenvalue weighted by Crippen LogP contribution is -2.40. The summed E-state index contributed by atoms with van der Waals surface area (Å²) < 4.78 is 1.01. The predicted octanol–water partition coefficient (Wildman–Crippen LogP) is 1.97. The van der Waals surface area contributed by atoms with Crippen molar-refractivity contribution in [2.75, 3.05) is 5.32 Å². The smallest absolute Gasteiger partial charge is 0.247 e. The van der Waals surface area contributed by atoms with Crippen molar-refractivity contribution < 1.29 is 4.79 Å². The zero-order valence-corrected chi connectivity index (χ0v) is 9.41. The van der Waals surface area contributed by atoms with Gasteiger partial charge in [-0.05, 0) is 27.6 Å². The van der Waals surface area contributed by atoms with Gasteiger partial charge in [-0.3, -0.25) is 4.79 Å². The molecule has 1 amide bonds. The predicted molar refractivity (Wildman–Crippen MR) is 61.6 cm³/mol. The Bertz CT molecular complexity index is 470. The van der Waals surface area contributed by atoms with Crippen LogP contribution in [0.4, 0.5) is 5.69 Å². The standard InChI is InChI=1S/C11H9BrN2O/c12-8-3-1-2-6-7-4-5-13-11(15)10(7)14-9(6)8/h1-5,7,10,14H,(H,13,15). The molecule has 0 fully saturated rings. The summed E-state index contributed by atoms with van der Waals surface area (Å²) in [5, 5.41) is 5.95. The van der Waals surface area contributed by atoms with Crippen molar-refractivity contribution in [1.82, 2.24) is 5.32 Å². The van der Waals surface area contributed by atoms with E-state index in [-0.39, 0.29) is 17.9 Å². The van der Waals surface area contributed by atoms with Crippen LogP contribution < -0.4 is 10.6 Å². The van der Waals surface area contributed by atoms with Crippen molar-refractivity contribution in [1.29, 1.82) is 0 Å². The number of carbonyl (C=O) groups excluding carboxylic acids is 1. The van der Waals surface area contributed by atoms with E-state index in [1.165, 1.54) is 5.56 Å². The van der Waals surface area contributed by atoms with Crippen LogP contribution in [0.1, 0.15) is 11.5 Å². The minimum absolute atomic E-state index is 0.0330. The SMILES string of the molecule is O=C1NC=CC2c3cccc(Br)c3NC12. The van der Waals surface area contributed by atoms with Crippen LogP contribution in [0.2, 0.25) is 0 Å². The van der Waals surface area contributed by atoms with Crippen molar-refractivity contribution in [3.63, 3.8) is 0 Å². The van der Waals surface area contributed by atoms with E-state index in [0.717, 1.165) is 10.2 Å². The molecule has 3 nitrogen and oxygen atoms in total. The van der Waals surface area contributed by atoms with Gasteiger partial charge in [-0.25, -0.2) is 0 Å². The van der Waals surface area contributed by atoms with Gasteiger partial charge in [-0.2, -0.15) is 0 Å². The van der Waals surface area contributed by atoms with E-state index in [1.54, 1.807) is 6.20 Å². The maximum Gasteiger partial charge on any atom is 0.247 e. The molecule has 15 heavy (non-hydrogen) atoms. The zero-order chi connectivity index (χ0) is 10.4. The lowest BCUT2D eigenvalue weighted by molar-refractivity contribution is -0.121. The van der Waals surface area contributed by atoms with Crippen LogP contribution in [-0.2, 0) is 4.79 Å². The van der Waals surface area contributed by atoms with Crippen molar-refractivity contribution >= 4 is 27.5 Å². The first kappa shape index (κ1) is 8.97. The summed E-state index contributed by atoms with van der Waals surface area (Å²) in [6, 6.07) is 5.86. The topological polar surface area (TPSA) is 41.1 Å². The van der Waals surface area contributed by atoms with Gasteiger partial charge in [0, 0.05) is 16.6 Å². The van der Waals surface area contributed by atoms with Crippen LogP contribution in [-0.4, -0.2) is 11.9 Å². The molecule has 0 aromatic heterocycles. The Morgan fingerprint density at radius 3 is 3.07 bits per heavy atom. The van der Waals surface area contributed by atoms with E-state index in [2.05, 4.69) is 32.6 Å². The second kappa shape index (κ2) is 3.10. The Morgan fingerprint density at radius 2 is 2.20 bits per heavy atom. The Labute approximate surface area is 95.7 Å². The van der Waals surface area contributed by atoms with Gasteiger partial charge in [0.15, 0.2) is 0 Å². The van der Waals surface area contributed by atoms with E-state index in [0.29, 0.717) is 0 Å². The van der Waals surface area contributed by atoms with Crippen molar-refractivity contribution in [3.05, 3.63) is 40.5 Å². The van der Waals surface area contributed by atoms with Gasteiger partial charge >= 0.3 is 0 Å². The van der Waals surface area contributed by atoms with Crippen LogP contribution in [0.25, 0.3) is 0 Å². The molecule has 4 heteroatoms. The third-order valence-corrected chi connectivity index (χ3v) is 3.54. The highest BCUT2D eigenvalue weighted by Crippen LogP contribution is 2.41. The number of para-hydroxylation sites is 1. The van der Waals surface area contributed by atoms with Crippen molar-refractivity contribution in [2.45, 2.75) is 12.0 Å². The van der Waals surface area contributed by atoms with E-state index >= 15 is 0 Å². The number of nitrogens with one attached hydrogen (secondary N) is 2. The van der Waals surface area contributed by atoms with Gasteiger partial charge in [-0.15, -0.1) is 0 Å². The van der Waals surface area contributed by atoms with Crippen LogP contribution in [0, 0.1) is 0 Å². The molecule has 0 aliphatic carbocycles. The van der Waals surface area contributed by atoms with Crippen molar-refractivity contribution in [2.24, 2.45) is 0 Å². The van der Waals surface area contributed by atoms with E-state index in [4.69, 9.17) is 0 Å². The second-order valence-electron chi connectivity index (χ2n) is 3.72. The fourth-order valence-electron chi connectivity index (χ4n) is 2.16. The van der Waals surface area contributed by atoms with Gasteiger partial charge < -0.3 is 10.6 Å². The molecule has 3 rings (SSSR count). The fraction of sp³-hybridized carbons (Fsp3) is 0.182. The van der Waals surface area contributed by atoms with Crippen LogP contribution in [0.5, 0.6) is 0 Å². The first-order valence-electron chi connectivity index (χ1n) is 4.79. The normalized spacial score (nSPS) is 26.6. The number of benzene rings is 1. The van der Waals surface area contributed by atoms with Gasteiger partial charge in [0.05, 0.1) is 5.69 Å². The highest BCUT2D eigenvalue weighted by Gasteiger charge is 2.37. The number of anilines is 1. The largest absolute Gasteiger partial charge is 0.372 e. The number of rotatable bonds is 0. The molecule has 0 spiro atoms. The number of fused-ring (bicyclic) bond motifs is 3. The van der Waals surface area contributed by atoms with Crippen molar-refractivity contribution in [3.8, 4) is 0 Å². The summed E-state index contributed by atoms with van der Waals surface area (Å²) in [5.74, 6) is 0.192. The molecular weight excluding hydrogens is 256 g/mol. The summed E-state index contributed by atoms with van der Waals surface area (Å²) in [6.45, 7) is 0. The molecule has 76 valence electrons. The zero-order valence-electron chi connectivity index (χ0n) is 7.83. The number of amides is 1.